The van der Waals surface area contributed by atoms with Crippen LogP contribution in [-0.2, 0) is 9.59 Å². The molecule has 0 fully saturated rings. The maximum absolute atomic E-state index is 12.5. The Morgan fingerprint density at radius 3 is 2.42 bits per heavy atom. The van der Waals surface area contributed by atoms with Gasteiger partial charge in [0.2, 0.25) is 0 Å². The average molecular weight is 290 g/mol. The number of alkyl halides is 1. The van der Waals surface area contributed by atoms with E-state index < -0.39 is 30.5 Å². The third-order valence-electron chi connectivity index (χ3n) is 1.18. The SMILES string of the molecule is NC(=O)C(F)CC(NI)C(=O)O. The fourth-order valence-corrected chi connectivity index (χ4v) is 1.04. The molecule has 1 amide bonds. The van der Waals surface area contributed by atoms with E-state index >= 15 is 0 Å². The minimum Gasteiger partial charge on any atom is -0.480 e. The molecular weight excluding hydrogens is 282 g/mol. The number of nitrogens with two attached hydrogens (primary N) is 1. The first-order valence-electron chi connectivity index (χ1n) is 3.01. The monoisotopic (exact) mass is 290 g/mol. The summed E-state index contributed by atoms with van der Waals surface area (Å²) in [6.45, 7) is 0. The first kappa shape index (κ1) is 11.6. The van der Waals surface area contributed by atoms with Gasteiger partial charge in [-0.25, -0.2) is 7.92 Å². The van der Waals surface area contributed by atoms with Crippen molar-refractivity contribution >= 4 is 34.7 Å². The van der Waals surface area contributed by atoms with Crippen molar-refractivity contribution in [2.75, 3.05) is 0 Å². The number of carbonyl (C=O) groups excluding carboxylic acids is 1. The molecule has 2 atom stereocenters. The lowest BCUT2D eigenvalue weighted by atomic mass is 10.1. The summed E-state index contributed by atoms with van der Waals surface area (Å²) in [5.41, 5.74) is 4.60. The Hall–Kier alpha value is -0.440. The summed E-state index contributed by atoms with van der Waals surface area (Å²) in [6, 6.07) is -1.09. The molecule has 0 saturated heterocycles. The standard InChI is InChI=1S/C5H8FIN2O3/c6-2(4(8)10)1-3(9-7)5(11)12/h2-3,9H,1H2,(H2,8,10)(H,11,12). The number of carboxylic acid groups (broad SMARTS) is 1. The molecule has 7 heteroatoms. The average Bonchev–Trinajstić information content (AvgIpc) is 1.98. The van der Waals surface area contributed by atoms with Crippen LogP contribution < -0.4 is 9.26 Å². The maximum atomic E-state index is 12.5. The molecule has 0 aliphatic carbocycles. The molecule has 0 bridgehead atoms. The van der Waals surface area contributed by atoms with Gasteiger partial charge in [0, 0.05) is 29.3 Å². The zero-order chi connectivity index (χ0) is 9.72. The van der Waals surface area contributed by atoms with Crippen molar-refractivity contribution in [2.24, 2.45) is 5.73 Å². The van der Waals surface area contributed by atoms with Gasteiger partial charge in [-0.3, -0.25) is 9.59 Å². The lowest BCUT2D eigenvalue weighted by Gasteiger charge is -2.10. The first-order valence-corrected chi connectivity index (χ1v) is 4.09. The molecular formula is C5H8FIN2O3. The maximum Gasteiger partial charge on any atom is 0.321 e. The van der Waals surface area contributed by atoms with Crippen molar-refractivity contribution in [1.82, 2.24) is 3.53 Å². The summed E-state index contributed by atoms with van der Waals surface area (Å²) in [5.74, 6) is -2.36. The number of carboxylic acids is 1. The van der Waals surface area contributed by atoms with Gasteiger partial charge in [-0.2, -0.15) is 0 Å². The fraction of sp³-hybridized carbons (Fsp3) is 0.600. The molecule has 0 aliphatic rings. The molecule has 0 aromatic carbocycles. The lowest BCUT2D eigenvalue weighted by Crippen LogP contribution is -2.37. The van der Waals surface area contributed by atoms with Crippen LogP contribution in [0.15, 0.2) is 0 Å². The zero-order valence-electron chi connectivity index (χ0n) is 5.96. The van der Waals surface area contributed by atoms with Crippen molar-refractivity contribution in [3.8, 4) is 0 Å². The molecule has 0 aromatic heterocycles. The van der Waals surface area contributed by atoms with Crippen molar-refractivity contribution < 1.29 is 19.1 Å². The second-order valence-corrected chi connectivity index (χ2v) is 2.73. The predicted molar refractivity (Wildman–Crippen MR) is 47.3 cm³/mol. The van der Waals surface area contributed by atoms with Gasteiger partial charge in [0.25, 0.3) is 5.91 Å². The number of primary amides is 1. The second-order valence-electron chi connectivity index (χ2n) is 2.11. The highest BCUT2D eigenvalue weighted by molar-refractivity contribution is 14.1. The third-order valence-corrected chi connectivity index (χ3v) is 1.93. The molecule has 0 rings (SSSR count). The minimum absolute atomic E-state index is 0.451. The highest BCUT2D eigenvalue weighted by atomic mass is 127. The van der Waals surface area contributed by atoms with Crippen LogP contribution in [0.1, 0.15) is 6.42 Å². The normalized spacial score (nSPS) is 15.2. The Labute approximate surface area is 82.0 Å². The third kappa shape index (κ3) is 3.81. The van der Waals surface area contributed by atoms with E-state index in [2.05, 4.69) is 9.26 Å². The van der Waals surface area contributed by atoms with Crippen LogP contribution in [0.3, 0.4) is 0 Å². The van der Waals surface area contributed by atoms with Crippen LogP contribution in [0.5, 0.6) is 0 Å². The lowest BCUT2D eigenvalue weighted by molar-refractivity contribution is -0.139. The zero-order valence-corrected chi connectivity index (χ0v) is 8.12. The van der Waals surface area contributed by atoms with Crippen LogP contribution in [0.2, 0.25) is 0 Å². The quantitative estimate of drug-likeness (QED) is 0.474. The number of nitrogens with one attached hydrogen (secondary N) is 1. The summed E-state index contributed by atoms with van der Waals surface area (Å²) in [4.78, 5) is 20.5. The number of halogens is 2. The van der Waals surface area contributed by atoms with Crippen LogP contribution in [0.25, 0.3) is 0 Å². The summed E-state index contributed by atoms with van der Waals surface area (Å²) in [7, 11) is 0. The van der Waals surface area contributed by atoms with E-state index in [0.29, 0.717) is 0 Å². The predicted octanol–water partition coefficient (Wildman–Crippen LogP) is -0.407. The van der Waals surface area contributed by atoms with Gasteiger partial charge in [0.05, 0.1) is 0 Å². The molecule has 70 valence electrons. The summed E-state index contributed by atoms with van der Waals surface area (Å²) in [5, 5.41) is 8.42. The van der Waals surface area contributed by atoms with Gasteiger partial charge in [0.1, 0.15) is 6.04 Å². The van der Waals surface area contributed by atoms with E-state index in [4.69, 9.17) is 5.11 Å². The second kappa shape index (κ2) is 5.25. The van der Waals surface area contributed by atoms with Gasteiger partial charge in [-0.1, -0.05) is 0 Å². The summed E-state index contributed by atoms with van der Waals surface area (Å²) in [6.07, 6.45) is -2.37. The molecule has 5 nitrogen and oxygen atoms in total. The van der Waals surface area contributed by atoms with Gasteiger partial charge in [-0.15, -0.1) is 0 Å². The number of aliphatic carboxylic acids is 1. The number of rotatable bonds is 5. The Morgan fingerprint density at radius 2 is 2.17 bits per heavy atom. The Kier molecular flexibility index (Phi) is 5.06. The summed E-state index contributed by atoms with van der Waals surface area (Å²) < 4.78 is 14.9. The molecule has 0 heterocycles. The number of carbonyl (C=O) groups is 2. The van der Waals surface area contributed by atoms with Crippen molar-refractivity contribution in [1.29, 1.82) is 0 Å². The first-order chi connectivity index (χ1) is 5.49. The van der Waals surface area contributed by atoms with E-state index in [1.165, 1.54) is 0 Å². The topological polar surface area (TPSA) is 92.4 Å². The van der Waals surface area contributed by atoms with E-state index in [1.807, 2.05) is 0 Å². The van der Waals surface area contributed by atoms with Crippen LogP contribution in [0, 0.1) is 0 Å². The van der Waals surface area contributed by atoms with E-state index in [1.54, 1.807) is 22.9 Å². The molecule has 0 radical (unpaired) electrons. The largest absolute Gasteiger partial charge is 0.480 e. The van der Waals surface area contributed by atoms with Crippen molar-refractivity contribution in [2.45, 2.75) is 18.6 Å². The Bertz CT molecular complexity index is 190. The Morgan fingerprint density at radius 1 is 1.67 bits per heavy atom. The van der Waals surface area contributed by atoms with Gasteiger partial charge in [0.15, 0.2) is 6.17 Å². The van der Waals surface area contributed by atoms with Crippen LogP contribution in [-0.4, -0.2) is 29.2 Å². The van der Waals surface area contributed by atoms with Crippen LogP contribution >= 0.6 is 22.9 Å². The molecule has 0 aromatic rings. The van der Waals surface area contributed by atoms with Gasteiger partial charge >= 0.3 is 5.97 Å². The highest BCUT2D eigenvalue weighted by Gasteiger charge is 2.24. The van der Waals surface area contributed by atoms with Crippen LogP contribution in [0.4, 0.5) is 4.39 Å². The van der Waals surface area contributed by atoms with Gasteiger partial charge < -0.3 is 10.8 Å². The number of hydrogen-bond acceptors (Lipinski definition) is 3. The summed E-state index contributed by atoms with van der Waals surface area (Å²) >= 11 is 1.57. The van der Waals surface area contributed by atoms with E-state index in [0.717, 1.165) is 0 Å². The highest BCUT2D eigenvalue weighted by Crippen LogP contribution is 2.03. The molecule has 2 unspecified atom stereocenters. The molecule has 0 saturated carbocycles. The Balaban J connectivity index is 4.02. The molecule has 0 spiro atoms. The van der Waals surface area contributed by atoms with Crippen molar-refractivity contribution in [3.05, 3.63) is 0 Å². The molecule has 12 heavy (non-hydrogen) atoms. The smallest absolute Gasteiger partial charge is 0.321 e. The molecule has 4 N–H and O–H groups in total. The van der Waals surface area contributed by atoms with Gasteiger partial charge in [-0.05, 0) is 0 Å². The van der Waals surface area contributed by atoms with E-state index in [-0.39, 0.29) is 0 Å². The minimum atomic E-state index is -1.92. The van der Waals surface area contributed by atoms with Crippen molar-refractivity contribution in [3.63, 3.8) is 0 Å². The molecule has 0 aliphatic heterocycles. The fourth-order valence-electron chi connectivity index (χ4n) is 0.515. The van der Waals surface area contributed by atoms with E-state index in [9.17, 15) is 14.0 Å². The number of hydrogen-bond donors (Lipinski definition) is 3. The number of amides is 1.